The van der Waals surface area contributed by atoms with Crippen molar-refractivity contribution in [1.29, 1.82) is 0 Å². The molecule has 2 aromatic rings. The van der Waals surface area contributed by atoms with Gasteiger partial charge < -0.3 is 0 Å². The maximum Gasteiger partial charge on any atom is -0.0117 e. The van der Waals surface area contributed by atoms with E-state index in [9.17, 15) is 0 Å². The molecule has 0 aromatic heterocycles. The van der Waals surface area contributed by atoms with Crippen LogP contribution in [0, 0.1) is 27.7 Å². The van der Waals surface area contributed by atoms with Crippen molar-refractivity contribution in [2.75, 3.05) is 0 Å². The van der Waals surface area contributed by atoms with E-state index in [1.165, 1.54) is 45.4 Å². The molecule has 106 valence electrons. The molecule has 0 heterocycles. The average Bonchev–Trinajstić information content (AvgIpc) is 2.42. The molecule has 1 unspecified atom stereocenters. The zero-order chi connectivity index (χ0) is 14.9. The summed E-state index contributed by atoms with van der Waals surface area (Å²) >= 11 is 0. The van der Waals surface area contributed by atoms with Crippen LogP contribution in [-0.4, -0.2) is 0 Å². The minimum absolute atomic E-state index is 0.602. The molecule has 2 aromatic carbocycles. The lowest BCUT2D eigenvalue weighted by atomic mass is 9.84. The van der Waals surface area contributed by atoms with E-state index in [1.807, 2.05) is 0 Å². The van der Waals surface area contributed by atoms with Gasteiger partial charge in [0.1, 0.15) is 0 Å². The van der Waals surface area contributed by atoms with Crippen molar-refractivity contribution < 1.29 is 0 Å². The summed E-state index contributed by atoms with van der Waals surface area (Å²) < 4.78 is 0. The summed E-state index contributed by atoms with van der Waals surface area (Å²) in [5.41, 5.74) is 9.88. The molecule has 2 rings (SSSR count). The molecule has 0 N–H and O–H groups in total. The molecule has 0 saturated carbocycles. The van der Waals surface area contributed by atoms with Gasteiger partial charge in [-0.05, 0) is 73.4 Å². The van der Waals surface area contributed by atoms with Gasteiger partial charge in [0.2, 0.25) is 0 Å². The van der Waals surface area contributed by atoms with Crippen LogP contribution in [0.3, 0.4) is 0 Å². The third kappa shape index (κ3) is 2.65. The van der Waals surface area contributed by atoms with Gasteiger partial charge in [-0.25, -0.2) is 0 Å². The summed E-state index contributed by atoms with van der Waals surface area (Å²) in [7, 11) is 0. The summed E-state index contributed by atoms with van der Waals surface area (Å²) in [5, 5.41) is 0. The molecule has 20 heavy (non-hydrogen) atoms. The second kappa shape index (κ2) is 5.83. The number of rotatable bonds is 3. The predicted molar refractivity (Wildman–Crippen MR) is 89.5 cm³/mol. The van der Waals surface area contributed by atoms with Crippen LogP contribution in [-0.2, 0) is 0 Å². The molecule has 0 aliphatic heterocycles. The van der Waals surface area contributed by atoms with Crippen LogP contribution in [0.15, 0.2) is 30.3 Å². The Labute approximate surface area is 123 Å². The van der Waals surface area contributed by atoms with Crippen molar-refractivity contribution in [2.24, 2.45) is 0 Å². The van der Waals surface area contributed by atoms with Crippen molar-refractivity contribution in [2.45, 2.75) is 53.9 Å². The Hall–Kier alpha value is -1.56. The highest BCUT2D eigenvalue weighted by Crippen LogP contribution is 2.36. The molecule has 0 fully saturated rings. The topological polar surface area (TPSA) is 0 Å². The molecular formula is C20H26. The van der Waals surface area contributed by atoms with E-state index < -0.39 is 0 Å². The zero-order valence-corrected chi connectivity index (χ0v) is 13.7. The SMILES string of the molecule is CCC(C)c1cccc(C)c1-c1cc(C)cc(C)c1C. The van der Waals surface area contributed by atoms with E-state index in [0.717, 1.165) is 0 Å². The number of aryl methyl sites for hydroxylation is 3. The minimum Gasteiger partial charge on any atom is -0.0648 e. The molecule has 0 heteroatoms. The highest BCUT2D eigenvalue weighted by molar-refractivity contribution is 5.75. The number of hydrogen-bond donors (Lipinski definition) is 0. The Morgan fingerprint density at radius 1 is 0.950 bits per heavy atom. The first-order valence-electron chi connectivity index (χ1n) is 7.63. The summed E-state index contributed by atoms with van der Waals surface area (Å²) in [4.78, 5) is 0. The largest absolute Gasteiger partial charge is 0.0648 e. The summed E-state index contributed by atoms with van der Waals surface area (Å²) in [6.45, 7) is 13.5. The van der Waals surface area contributed by atoms with Gasteiger partial charge in [-0.2, -0.15) is 0 Å². The molecule has 0 aliphatic carbocycles. The van der Waals surface area contributed by atoms with E-state index in [-0.39, 0.29) is 0 Å². The van der Waals surface area contributed by atoms with Crippen LogP contribution in [0.1, 0.15) is 54.0 Å². The third-order valence-electron chi connectivity index (χ3n) is 4.53. The predicted octanol–water partition coefficient (Wildman–Crippen LogP) is 6.10. The van der Waals surface area contributed by atoms with E-state index in [1.54, 1.807) is 0 Å². The Morgan fingerprint density at radius 2 is 1.65 bits per heavy atom. The number of hydrogen-bond acceptors (Lipinski definition) is 0. The van der Waals surface area contributed by atoms with Gasteiger partial charge in [-0.1, -0.05) is 49.7 Å². The first kappa shape index (κ1) is 14.8. The van der Waals surface area contributed by atoms with Crippen molar-refractivity contribution in [3.05, 3.63) is 58.1 Å². The van der Waals surface area contributed by atoms with Gasteiger partial charge in [0.25, 0.3) is 0 Å². The van der Waals surface area contributed by atoms with Crippen LogP contribution in [0.2, 0.25) is 0 Å². The highest BCUT2D eigenvalue weighted by atomic mass is 14.2. The molecule has 0 spiro atoms. The third-order valence-corrected chi connectivity index (χ3v) is 4.53. The van der Waals surface area contributed by atoms with Crippen molar-refractivity contribution in [3.8, 4) is 11.1 Å². The fourth-order valence-electron chi connectivity index (χ4n) is 2.99. The van der Waals surface area contributed by atoms with E-state index in [0.29, 0.717) is 5.92 Å². The maximum atomic E-state index is 2.34. The summed E-state index contributed by atoms with van der Waals surface area (Å²) in [6, 6.07) is 11.3. The summed E-state index contributed by atoms with van der Waals surface area (Å²) in [6.07, 6.45) is 1.18. The van der Waals surface area contributed by atoms with E-state index in [4.69, 9.17) is 0 Å². The van der Waals surface area contributed by atoms with Gasteiger partial charge >= 0.3 is 0 Å². The fraction of sp³-hybridized carbons (Fsp3) is 0.400. The molecule has 0 radical (unpaired) electrons. The van der Waals surface area contributed by atoms with Gasteiger partial charge in [0.05, 0.1) is 0 Å². The smallest absolute Gasteiger partial charge is 0.0117 e. The van der Waals surface area contributed by atoms with Gasteiger partial charge in [-0.3, -0.25) is 0 Å². The average molecular weight is 266 g/mol. The van der Waals surface area contributed by atoms with Crippen molar-refractivity contribution in [3.63, 3.8) is 0 Å². The Balaban J connectivity index is 2.75. The van der Waals surface area contributed by atoms with Crippen LogP contribution < -0.4 is 0 Å². The zero-order valence-electron chi connectivity index (χ0n) is 13.7. The first-order chi connectivity index (χ1) is 9.45. The quantitative estimate of drug-likeness (QED) is 0.629. The monoisotopic (exact) mass is 266 g/mol. The van der Waals surface area contributed by atoms with Gasteiger partial charge in [0, 0.05) is 0 Å². The minimum atomic E-state index is 0.602. The lowest BCUT2D eigenvalue weighted by molar-refractivity contribution is 0.734. The standard InChI is InChI=1S/C20H26/c1-7-14(3)18-10-8-9-15(4)20(18)19-12-13(2)11-16(5)17(19)6/h8-12,14H,7H2,1-6H3. The molecular weight excluding hydrogens is 240 g/mol. The second-order valence-corrected chi connectivity index (χ2v) is 6.10. The van der Waals surface area contributed by atoms with Crippen LogP contribution >= 0.6 is 0 Å². The highest BCUT2D eigenvalue weighted by Gasteiger charge is 2.15. The molecule has 0 nitrogen and oxygen atoms in total. The Kier molecular flexibility index (Phi) is 4.32. The van der Waals surface area contributed by atoms with Crippen LogP contribution in [0.4, 0.5) is 0 Å². The second-order valence-electron chi connectivity index (χ2n) is 6.10. The normalized spacial score (nSPS) is 12.5. The van der Waals surface area contributed by atoms with Gasteiger partial charge in [-0.15, -0.1) is 0 Å². The molecule has 1 atom stereocenters. The lowest BCUT2D eigenvalue weighted by Crippen LogP contribution is -2.00. The van der Waals surface area contributed by atoms with E-state index in [2.05, 4.69) is 71.9 Å². The Bertz CT molecular complexity index is 620. The van der Waals surface area contributed by atoms with Gasteiger partial charge in [0.15, 0.2) is 0 Å². The lowest BCUT2D eigenvalue weighted by Gasteiger charge is -2.20. The molecule has 0 bridgehead atoms. The van der Waals surface area contributed by atoms with Crippen LogP contribution in [0.25, 0.3) is 11.1 Å². The van der Waals surface area contributed by atoms with Crippen molar-refractivity contribution >= 4 is 0 Å². The van der Waals surface area contributed by atoms with Crippen molar-refractivity contribution in [1.82, 2.24) is 0 Å². The van der Waals surface area contributed by atoms with E-state index >= 15 is 0 Å². The summed E-state index contributed by atoms with van der Waals surface area (Å²) in [5.74, 6) is 0.602. The molecule has 0 saturated heterocycles. The Morgan fingerprint density at radius 3 is 2.30 bits per heavy atom. The van der Waals surface area contributed by atoms with Crippen LogP contribution in [0.5, 0.6) is 0 Å². The number of benzene rings is 2. The molecule has 0 aliphatic rings. The first-order valence-corrected chi connectivity index (χ1v) is 7.63. The molecule has 0 amide bonds. The fourth-order valence-corrected chi connectivity index (χ4v) is 2.99. The maximum absolute atomic E-state index is 2.34.